The van der Waals surface area contributed by atoms with Crippen LogP contribution in [0.15, 0.2) is 22.7 Å². The Morgan fingerprint density at radius 1 is 1.35 bits per heavy atom. The molecule has 0 radical (unpaired) electrons. The molecule has 0 saturated heterocycles. The molecule has 1 aliphatic carbocycles. The summed E-state index contributed by atoms with van der Waals surface area (Å²) in [7, 11) is 1.70. The highest BCUT2D eigenvalue weighted by atomic mass is 79.9. The van der Waals surface area contributed by atoms with Crippen LogP contribution >= 0.6 is 27.7 Å². The van der Waals surface area contributed by atoms with E-state index in [1.807, 2.05) is 6.07 Å². The molecule has 1 aromatic carbocycles. The van der Waals surface area contributed by atoms with Crippen LogP contribution in [0.2, 0.25) is 0 Å². The van der Waals surface area contributed by atoms with E-state index in [-0.39, 0.29) is 0 Å². The number of halogens is 1. The van der Waals surface area contributed by atoms with E-state index in [0.717, 1.165) is 21.9 Å². The second-order valence-corrected chi connectivity index (χ2v) is 6.52. The first-order valence-electron chi connectivity index (χ1n) is 6.20. The van der Waals surface area contributed by atoms with Crippen molar-refractivity contribution in [2.45, 2.75) is 31.4 Å². The fourth-order valence-electron chi connectivity index (χ4n) is 2.32. The minimum atomic E-state index is 0.912. The van der Waals surface area contributed by atoms with E-state index in [0.29, 0.717) is 0 Å². The molecule has 0 amide bonds. The zero-order valence-electron chi connectivity index (χ0n) is 10.2. The third kappa shape index (κ3) is 3.92. The number of rotatable bonds is 5. The predicted molar refractivity (Wildman–Crippen MR) is 78.8 cm³/mol. The fourth-order valence-corrected chi connectivity index (χ4v) is 4.11. The van der Waals surface area contributed by atoms with Gasteiger partial charge in [-0.05, 0) is 58.1 Å². The first kappa shape index (κ1) is 13.3. The van der Waals surface area contributed by atoms with Crippen molar-refractivity contribution in [3.8, 4) is 5.75 Å². The molecule has 1 aromatic rings. The van der Waals surface area contributed by atoms with Gasteiger partial charge in [-0.1, -0.05) is 18.9 Å². The van der Waals surface area contributed by atoms with Gasteiger partial charge < -0.3 is 4.74 Å². The summed E-state index contributed by atoms with van der Waals surface area (Å²) < 4.78 is 6.29. The van der Waals surface area contributed by atoms with Crippen molar-refractivity contribution in [2.24, 2.45) is 5.92 Å². The lowest BCUT2D eigenvalue weighted by atomic mass is 10.1. The molecule has 0 aliphatic heterocycles. The van der Waals surface area contributed by atoms with Gasteiger partial charge in [0.15, 0.2) is 0 Å². The maximum absolute atomic E-state index is 5.23. The molecule has 17 heavy (non-hydrogen) atoms. The molecule has 94 valence electrons. The maximum atomic E-state index is 5.23. The zero-order valence-corrected chi connectivity index (χ0v) is 12.6. The van der Waals surface area contributed by atoms with Gasteiger partial charge in [0.1, 0.15) is 5.75 Å². The predicted octanol–water partition coefficient (Wildman–Crippen LogP) is 4.88. The summed E-state index contributed by atoms with van der Waals surface area (Å²) >= 11 is 5.60. The highest BCUT2D eigenvalue weighted by Crippen LogP contribution is 2.31. The molecular formula is C14H19BrOS. The zero-order chi connectivity index (χ0) is 12.1. The van der Waals surface area contributed by atoms with Gasteiger partial charge >= 0.3 is 0 Å². The molecule has 0 unspecified atom stereocenters. The number of methoxy groups -OCH3 is 1. The summed E-state index contributed by atoms with van der Waals surface area (Å²) in [6, 6.07) is 6.36. The standard InChI is InChI=1S/C14H19BrOS/c1-16-14-7-6-12(8-13(14)15)10-17-9-11-4-2-3-5-11/h6-8,11H,2-5,9-10H2,1H3. The van der Waals surface area contributed by atoms with Crippen LogP contribution in [0.4, 0.5) is 0 Å². The Kier molecular flexibility index (Phi) is 5.23. The highest BCUT2D eigenvalue weighted by Gasteiger charge is 2.14. The molecule has 2 rings (SSSR count). The molecule has 3 heteroatoms. The Labute approximate surface area is 116 Å². The van der Waals surface area contributed by atoms with Crippen LogP contribution in [0.3, 0.4) is 0 Å². The third-order valence-corrected chi connectivity index (χ3v) is 5.18. The lowest BCUT2D eigenvalue weighted by Crippen LogP contribution is -1.97. The molecule has 0 spiro atoms. The van der Waals surface area contributed by atoms with E-state index in [1.165, 1.54) is 37.0 Å². The van der Waals surface area contributed by atoms with Gasteiger partial charge in [-0.3, -0.25) is 0 Å². The molecule has 0 heterocycles. The average Bonchev–Trinajstić information content (AvgIpc) is 2.82. The number of thioether (sulfide) groups is 1. The van der Waals surface area contributed by atoms with Crippen molar-refractivity contribution in [1.29, 1.82) is 0 Å². The van der Waals surface area contributed by atoms with Crippen LogP contribution in [-0.2, 0) is 5.75 Å². The third-order valence-electron chi connectivity index (χ3n) is 3.31. The van der Waals surface area contributed by atoms with Gasteiger partial charge in [0.2, 0.25) is 0 Å². The van der Waals surface area contributed by atoms with E-state index < -0.39 is 0 Å². The monoisotopic (exact) mass is 314 g/mol. The van der Waals surface area contributed by atoms with E-state index >= 15 is 0 Å². The van der Waals surface area contributed by atoms with Gasteiger partial charge in [-0.2, -0.15) is 11.8 Å². The van der Waals surface area contributed by atoms with Gasteiger partial charge in [0.25, 0.3) is 0 Å². The fraction of sp³-hybridized carbons (Fsp3) is 0.571. The molecule has 0 bridgehead atoms. The Morgan fingerprint density at radius 2 is 2.12 bits per heavy atom. The summed E-state index contributed by atoms with van der Waals surface area (Å²) in [4.78, 5) is 0. The second-order valence-electron chi connectivity index (χ2n) is 4.63. The van der Waals surface area contributed by atoms with Crippen molar-refractivity contribution < 1.29 is 4.74 Å². The largest absolute Gasteiger partial charge is 0.496 e. The SMILES string of the molecule is COc1ccc(CSCC2CCCC2)cc1Br. The quantitative estimate of drug-likeness (QED) is 0.766. The van der Waals surface area contributed by atoms with Crippen molar-refractivity contribution in [1.82, 2.24) is 0 Å². The van der Waals surface area contributed by atoms with Crippen molar-refractivity contribution >= 4 is 27.7 Å². The van der Waals surface area contributed by atoms with Crippen LogP contribution in [0.1, 0.15) is 31.2 Å². The van der Waals surface area contributed by atoms with E-state index in [4.69, 9.17) is 4.74 Å². The van der Waals surface area contributed by atoms with E-state index in [9.17, 15) is 0 Å². The van der Waals surface area contributed by atoms with Gasteiger partial charge in [0, 0.05) is 5.75 Å². The summed E-state index contributed by atoms with van der Waals surface area (Å²) in [6.45, 7) is 0. The Balaban J connectivity index is 1.80. The molecule has 0 atom stereocenters. The molecule has 1 saturated carbocycles. The van der Waals surface area contributed by atoms with Crippen LogP contribution in [0, 0.1) is 5.92 Å². The van der Waals surface area contributed by atoms with E-state index in [1.54, 1.807) is 7.11 Å². The lowest BCUT2D eigenvalue weighted by Gasteiger charge is -2.09. The first-order valence-corrected chi connectivity index (χ1v) is 8.14. The Hall–Kier alpha value is -0.150. The summed E-state index contributed by atoms with van der Waals surface area (Å²) in [5.74, 6) is 4.32. The van der Waals surface area contributed by atoms with Crippen molar-refractivity contribution in [2.75, 3.05) is 12.9 Å². The summed E-state index contributed by atoms with van der Waals surface area (Å²) in [5.41, 5.74) is 1.38. The van der Waals surface area contributed by atoms with Crippen molar-refractivity contribution in [3.05, 3.63) is 28.2 Å². The Morgan fingerprint density at radius 3 is 2.76 bits per heavy atom. The molecule has 1 aliphatic rings. The molecule has 1 fully saturated rings. The Bertz CT molecular complexity index is 361. The number of benzene rings is 1. The topological polar surface area (TPSA) is 9.23 Å². The van der Waals surface area contributed by atoms with Gasteiger partial charge in [0.05, 0.1) is 11.6 Å². The first-order chi connectivity index (χ1) is 8.29. The average molecular weight is 315 g/mol. The summed E-state index contributed by atoms with van der Waals surface area (Å²) in [5, 5.41) is 0. The van der Waals surface area contributed by atoms with Gasteiger partial charge in [-0.15, -0.1) is 0 Å². The van der Waals surface area contributed by atoms with Crippen LogP contribution in [-0.4, -0.2) is 12.9 Å². The molecule has 1 nitrogen and oxygen atoms in total. The van der Waals surface area contributed by atoms with Crippen LogP contribution in [0.25, 0.3) is 0 Å². The van der Waals surface area contributed by atoms with E-state index in [2.05, 4.69) is 39.8 Å². The minimum Gasteiger partial charge on any atom is -0.496 e. The van der Waals surface area contributed by atoms with Crippen LogP contribution in [0.5, 0.6) is 5.75 Å². The van der Waals surface area contributed by atoms with Gasteiger partial charge in [-0.25, -0.2) is 0 Å². The molecular weight excluding hydrogens is 296 g/mol. The molecule has 0 N–H and O–H groups in total. The minimum absolute atomic E-state index is 0.912. The van der Waals surface area contributed by atoms with Crippen molar-refractivity contribution in [3.63, 3.8) is 0 Å². The normalized spacial score (nSPS) is 16.4. The maximum Gasteiger partial charge on any atom is 0.133 e. The second kappa shape index (κ2) is 6.69. The number of ether oxygens (including phenoxy) is 1. The molecule has 0 aromatic heterocycles. The summed E-state index contributed by atoms with van der Waals surface area (Å²) in [6.07, 6.45) is 5.78. The number of hydrogen-bond acceptors (Lipinski definition) is 2. The number of hydrogen-bond donors (Lipinski definition) is 0. The highest BCUT2D eigenvalue weighted by molar-refractivity contribution is 9.10. The van der Waals surface area contributed by atoms with Crippen LogP contribution < -0.4 is 4.74 Å². The lowest BCUT2D eigenvalue weighted by molar-refractivity contribution is 0.412. The smallest absolute Gasteiger partial charge is 0.133 e.